The summed E-state index contributed by atoms with van der Waals surface area (Å²) in [6.45, 7) is 8.64. The van der Waals surface area contributed by atoms with Gasteiger partial charge in [0, 0.05) is 17.3 Å². The third kappa shape index (κ3) is 5.35. The van der Waals surface area contributed by atoms with E-state index in [4.69, 9.17) is 9.47 Å². The van der Waals surface area contributed by atoms with Gasteiger partial charge in [0.25, 0.3) is 5.91 Å². The molecule has 0 aromatic heterocycles. The van der Waals surface area contributed by atoms with E-state index in [9.17, 15) is 10.1 Å². The second-order valence-electron chi connectivity index (χ2n) is 6.01. The van der Waals surface area contributed by atoms with Crippen LogP contribution in [-0.2, 0) is 4.79 Å². The van der Waals surface area contributed by atoms with E-state index in [2.05, 4.69) is 5.32 Å². The Hall–Kier alpha value is -3.26. The van der Waals surface area contributed by atoms with Crippen LogP contribution in [0.15, 0.2) is 42.0 Å². The molecule has 27 heavy (non-hydrogen) atoms. The number of carbonyl (C=O) groups is 1. The third-order valence-corrected chi connectivity index (χ3v) is 3.90. The van der Waals surface area contributed by atoms with Crippen molar-refractivity contribution in [3.05, 3.63) is 58.7 Å². The molecule has 0 bridgehead atoms. The fraction of sp³-hybridized carbons (Fsp3) is 0.273. The van der Waals surface area contributed by atoms with E-state index in [-0.39, 0.29) is 5.57 Å². The fourth-order valence-corrected chi connectivity index (χ4v) is 2.54. The minimum Gasteiger partial charge on any atom is -0.494 e. The van der Waals surface area contributed by atoms with Crippen LogP contribution < -0.4 is 14.8 Å². The van der Waals surface area contributed by atoms with Crippen molar-refractivity contribution in [3.63, 3.8) is 0 Å². The number of carbonyl (C=O) groups excluding carboxylic acids is 1. The van der Waals surface area contributed by atoms with Crippen LogP contribution in [0.5, 0.6) is 11.5 Å². The number of aryl methyl sites for hydroxylation is 2. The van der Waals surface area contributed by atoms with E-state index in [1.807, 2.05) is 52.0 Å². The number of hydrogen-bond acceptors (Lipinski definition) is 4. The van der Waals surface area contributed by atoms with Gasteiger partial charge >= 0.3 is 0 Å². The molecule has 0 aliphatic carbocycles. The van der Waals surface area contributed by atoms with Gasteiger partial charge in [-0.3, -0.25) is 4.79 Å². The van der Waals surface area contributed by atoms with Crippen LogP contribution in [0.2, 0.25) is 0 Å². The lowest BCUT2D eigenvalue weighted by Gasteiger charge is -2.11. The summed E-state index contributed by atoms with van der Waals surface area (Å²) >= 11 is 0. The molecule has 2 aromatic rings. The highest BCUT2D eigenvalue weighted by Crippen LogP contribution is 2.27. The molecule has 0 atom stereocenters. The molecule has 2 aromatic carbocycles. The number of nitrogens with zero attached hydrogens (tertiary/aromatic N) is 1. The molecule has 0 heterocycles. The Morgan fingerprint density at radius 2 is 1.85 bits per heavy atom. The van der Waals surface area contributed by atoms with Crippen LogP contribution in [0.25, 0.3) is 6.08 Å². The van der Waals surface area contributed by atoms with E-state index in [1.165, 1.54) is 6.08 Å². The Bertz CT molecular complexity index is 895. The van der Waals surface area contributed by atoms with Crippen molar-refractivity contribution in [3.8, 4) is 17.6 Å². The number of nitrogens with one attached hydrogen (secondary N) is 1. The first-order chi connectivity index (χ1) is 13.0. The van der Waals surface area contributed by atoms with Crippen molar-refractivity contribution in [1.29, 1.82) is 5.26 Å². The molecule has 1 N–H and O–H groups in total. The van der Waals surface area contributed by atoms with Crippen molar-refractivity contribution < 1.29 is 14.3 Å². The fourth-order valence-electron chi connectivity index (χ4n) is 2.54. The first-order valence-corrected chi connectivity index (χ1v) is 8.88. The predicted octanol–water partition coefficient (Wildman–Crippen LogP) is 4.65. The lowest BCUT2D eigenvalue weighted by Crippen LogP contribution is -2.14. The molecule has 5 nitrogen and oxygen atoms in total. The van der Waals surface area contributed by atoms with Gasteiger partial charge in [-0.1, -0.05) is 12.1 Å². The topological polar surface area (TPSA) is 71.3 Å². The van der Waals surface area contributed by atoms with Crippen LogP contribution in [0.1, 0.15) is 30.5 Å². The van der Waals surface area contributed by atoms with Crippen molar-refractivity contribution in [2.45, 2.75) is 27.7 Å². The number of rotatable bonds is 7. The van der Waals surface area contributed by atoms with Crippen LogP contribution in [0, 0.1) is 25.2 Å². The first kappa shape index (κ1) is 20.1. The van der Waals surface area contributed by atoms with Gasteiger partial charge in [0.05, 0.1) is 13.2 Å². The normalized spacial score (nSPS) is 10.9. The Morgan fingerprint density at radius 1 is 1.11 bits per heavy atom. The lowest BCUT2D eigenvalue weighted by molar-refractivity contribution is -0.112. The monoisotopic (exact) mass is 364 g/mol. The zero-order valence-electron chi connectivity index (χ0n) is 16.1. The maximum Gasteiger partial charge on any atom is 0.266 e. The molecule has 0 saturated heterocycles. The smallest absolute Gasteiger partial charge is 0.266 e. The number of anilines is 1. The first-order valence-electron chi connectivity index (χ1n) is 8.88. The second kappa shape index (κ2) is 9.44. The molecule has 0 radical (unpaired) electrons. The molecule has 1 amide bonds. The second-order valence-corrected chi connectivity index (χ2v) is 6.01. The highest BCUT2D eigenvalue weighted by molar-refractivity contribution is 6.10. The summed E-state index contributed by atoms with van der Waals surface area (Å²) in [4.78, 5) is 12.6. The van der Waals surface area contributed by atoms with Crippen LogP contribution >= 0.6 is 0 Å². The summed E-state index contributed by atoms with van der Waals surface area (Å²) in [6, 6.07) is 13.1. The van der Waals surface area contributed by atoms with Gasteiger partial charge in [0.1, 0.15) is 23.1 Å². The number of amides is 1. The van der Waals surface area contributed by atoms with Gasteiger partial charge in [-0.25, -0.2) is 0 Å². The molecule has 0 aliphatic rings. The Labute approximate surface area is 160 Å². The number of hydrogen-bond donors (Lipinski definition) is 1. The van der Waals surface area contributed by atoms with Gasteiger partial charge in [-0.05, 0) is 63.1 Å². The maximum absolute atomic E-state index is 12.6. The number of ether oxygens (including phenoxy) is 2. The molecule has 0 unspecified atom stereocenters. The minimum absolute atomic E-state index is 0.000944. The molecular formula is C22H24N2O3. The third-order valence-electron chi connectivity index (χ3n) is 3.90. The van der Waals surface area contributed by atoms with Gasteiger partial charge in [-0.2, -0.15) is 5.26 Å². The molecule has 5 heteroatoms. The summed E-state index contributed by atoms with van der Waals surface area (Å²) in [5, 5.41) is 12.3. The number of benzene rings is 2. The summed E-state index contributed by atoms with van der Waals surface area (Å²) in [5.41, 5.74) is 3.30. The van der Waals surface area contributed by atoms with Crippen LogP contribution in [0.3, 0.4) is 0 Å². The van der Waals surface area contributed by atoms with Gasteiger partial charge in [0.15, 0.2) is 0 Å². The lowest BCUT2D eigenvalue weighted by atomic mass is 10.1. The van der Waals surface area contributed by atoms with Crippen LogP contribution in [-0.4, -0.2) is 19.1 Å². The molecule has 0 fully saturated rings. The maximum atomic E-state index is 12.6. The Morgan fingerprint density at radius 3 is 2.52 bits per heavy atom. The van der Waals surface area contributed by atoms with E-state index >= 15 is 0 Å². The van der Waals surface area contributed by atoms with Crippen molar-refractivity contribution >= 4 is 17.7 Å². The van der Waals surface area contributed by atoms with Gasteiger partial charge in [0.2, 0.25) is 0 Å². The van der Waals surface area contributed by atoms with Crippen LogP contribution in [0.4, 0.5) is 5.69 Å². The molecule has 140 valence electrons. The van der Waals surface area contributed by atoms with E-state index in [0.717, 1.165) is 11.1 Å². The quantitative estimate of drug-likeness (QED) is 0.573. The molecule has 0 spiro atoms. The summed E-state index contributed by atoms with van der Waals surface area (Å²) in [5.74, 6) is 0.787. The molecule has 2 rings (SSSR count). The highest BCUT2D eigenvalue weighted by Gasteiger charge is 2.13. The highest BCUT2D eigenvalue weighted by atomic mass is 16.5. The summed E-state index contributed by atoms with van der Waals surface area (Å²) < 4.78 is 11.1. The Balaban J connectivity index is 2.33. The van der Waals surface area contributed by atoms with E-state index < -0.39 is 5.91 Å². The zero-order valence-corrected chi connectivity index (χ0v) is 16.1. The standard InChI is InChI=1S/C22H24N2O3/c1-5-26-19-10-9-17(21(13-19)27-6-2)12-18(14-23)22(25)24-20-11-15(3)7-8-16(20)4/h7-13H,5-6H2,1-4H3,(H,24,25)/b18-12+. The molecule has 0 aliphatic heterocycles. The van der Waals surface area contributed by atoms with Crippen molar-refractivity contribution in [2.24, 2.45) is 0 Å². The van der Waals surface area contributed by atoms with E-state index in [1.54, 1.807) is 18.2 Å². The SMILES string of the molecule is CCOc1ccc(/C=C(\C#N)C(=O)Nc2cc(C)ccc2C)c(OCC)c1. The summed E-state index contributed by atoms with van der Waals surface area (Å²) in [6.07, 6.45) is 1.53. The zero-order chi connectivity index (χ0) is 19.8. The average molecular weight is 364 g/mol. The van der Waals surface area contributed by atoms with Gasteiger partial charge < -0.3 is 14.8 Å². The van der Waals surface area contributed by atoms with Crippen molar-refractivity contribution in [2.75, 3.05) is 18.5 Å². The van der Waals surface area contributed by atoms with Crippen molar-refractivity contribution in [1.82, 2.24) is 0 Å². The summed E-state index contributed by atoms with van der Waals surface area (Å²) in [7, 11) is 0. The minimum atomic E-state index is -0.456. The largest absolute Gasteiger partial charge is 0.494 e. The average Bonchev–Trinajstić information content (AvgIpc) is 2.64. The van der Waals surface area contributed by atoms with Gasteiger partial charge in [-0.15, -0.1) is 0 Å². The number of nitriles is 1. The molecule has 0 saturated carbocycles. The van der Waals surface area contributed by atoms with E-state index in [0.29, 0.717) is 36.0 Å². The Kier molecular flexibility index (Phi) is 7.01. The molecular weight excluding hydrogens is 340 g/mol. The predicted molar refractivity (Wildman–Crippen MR) is 107 cm³/mol.